The molecule has 1 amide bonds. The van der Waals surface area contributed by atoms with Crippen LogP contribution in [0.25, 0.3) is 28.1 Å². The zero-order valence-corrected chi connectivity index (χ0v) is 18.8. The first-order valence-electron chi connectivity index (χ1n) is 10.2. The maximum Gasteiger partial charge on any atom is 0.240 e. The highest BCUT2D eigenvalue weighted by atomic mass is 35.5. The molecule has 0 saturated carbocycles. The smallest absolute Gasteiger partial charge is 0.240 e. The first kappa shape index (κ1) is 21.2. The number of halogens is 2. The number of carbonyl (C=O) groups is 1. The Labute approximate surface area is 199 Å². The van der Waals surface area contributed by atoms with Gasteiger partial charge in [0.2, 0.25) is 5.91 Å². The van der Waals surface area contributed by atoms with Gasteiger partial charge in [0.1, 0.15) is 25.0 Å². The number of aromatic nitrogens is 5. The van der Waals surface area contributed by atoms with Crippen molar-refractivity contribution in [3.05, 3.63) is 95.0 Å². The van der Waals surface area contributed by atoms with Crippen LogP contribution in [0.5, 0.6) is 0 Å². The lowest BCUT2D eigenvalue weighted by Gasteiger charge is -2.12. The van der Waals surface area contributed by atoms with E-state index >= 15 is 0 Å². The second kappa shape index (κ2) is 9.05. The predicted octanol–water partition coefficient (Wildman–Crippen LogP) is 4.91. The number of hydrogen-bond acceptors (Lipinski definition) is 4. The molecule has 0 unspecified atom stereocenters. The highest BCUT2D eigenvalue weighted by Gasteiger charge is 2.18. The molecule has 3 aromatic carbocycles. The third-order valence-corrected chi connectivity index (χ3v) is 6.08. The van der Waals surface area contributed by atoms with Gasteiger partial charge in [-0.15, -0.1) is 0 Å². The van der Waals surface area contributed by atoms with Crippen LogP contribution in [0.15, 0.2) is 79.4 Å². The molecule has 2 aromatic heterocycles. The van der Waals surface area contributed by atoms with Gasteiger partial charge in [0, 0.05) is 12.1 Å². The predicted molar refractivity (Wildman–Crippen MR) is 128 cm³/mol. The van der Waals surface area contributed by atoms with Crippen molar-refractivity contribution in [3.63, 3.8) is 0 Å². The van der Waals surface area contributed by atoms with Gasteiger partial charge in [0.15, 0.2) is 0 Å². The minimum atomic E-state index is -0.141. The van der Waals surface area contributed by atoms with Crippen LogP contribution in [0.4, 0.5) is 0 Å². The fraction of sp³-hybridized carbons (Fsp3) is 0.0833. The quantitative estimate of drug-likeness (QED) is 0.377. The Hall–Kier alpha value is -3.68. The number of amides is 1. The van der Waals surface area contributed by atoms with E-state index in [-0.39, 0.29) is 12.5 Å². The second-order valence-corrected chi connectivity index (χ2v) is 8.18. The normalized spacial score (nSPS) is 11.1. The lowest BCUT2D eigenvalue weighted by atomic mass is 10.2. The Bertz CT molecular complexity index is 1430. The van der Waals surface area contributed by atoms with Crippen LogP contribution in [0.2, 0.25) is 10.0 Å². The van der Waals surface area contributed by atoms with Crippen LogP contribution in [-0.4, -0.2) is 30.2 Å². The van der Waals surface area contributed by atoms with E-state index in [1.165, 1.54) is 6.33 Å². The SMILES string of the molecule is O=C(Cn1c(-c2cccc(Cl)c2Cl)nc2ccccc21)NCc1ccc(-n2cncn2)cc1. The van der Waals surface area contributed by atoms with E-state index in [1.807, 2.05) is 65.2 Å². The van der Waals surface area contributed by atoms with Gasteiger partial charge in [0.05, 0.1) is 26.8 Å². The van der Waals surface area contributed by atoms with Crippen molar-refractivity contribution in [2.45, 2.75) is 13.1 Å². The topological polar surface area (TPSA) is 77.6 Å². The molecule has 5 rings (SSSR count). The first-order chi connectivity index (χ1) is 16.1. The summed E-state index contributed by atoms with van der Waals surface area (Å²) >= 11 is 12.7. The summed E-state index contributed by atoms with van der Waals surface area (Å²) in [5.74, 6) is 0.453. The number of nitrogens with zero attached hydrogens (tertiary/aromatic N) is 5. The van der Waals surface area contributed by atoms with E-state index < -0.39 is 0 Å². The maximum atomic E-state index is 12.9. The van der Waals surface area contributed by atoms with E-state index in [1.54, 1.807) is 17.1 Å². The van der Waals surface area contributed by atoms with E-state index in [0.717, 1.165) is 22.3 Å². The molecule has 0 aliphatic carbocycles. The van der Waals surface area contributed by atoms with Gasteiger partial charge in [-0.05, 0) is 42.0 Å². The third kappa shape index (κ3) is 4.33. The summed E-state index contributed by atoms with van der Waals surface area (Å²) in [7, 11) is 0. The van der Waals surface area contributed by atoms with E-state index in [2.05, 4.69) is 15.4 Å². The first-order valence-corrected chi connectivity index (χ1v) is 11.0. The Morgan fingerprint density at radius 1 is 0.970 bits per heavy atom. The van der Waals surface area contributed by atoms with E-state index in [9.17, 15) is 4.79 Å². The fourth-order valence-electron chi connectivity index (χ4n) is 3.63. The van der Waals surface area contributed by atoms with Crippen molar-refractivity contribution in [1.82, 2.24) is 29.6 Å². The second-order valence-electron chi connectivity index (χ2n) is 7.39. The summed E-state index contributed by atoms with van der Waals surface area (Å²) in [6.07, 6.45) is 3.12. The van der Waals surface area contributed by atoms with Gasteiger partial charge in [0.25, 0.3) is 0 Å². The molecule has 2 heterocycles. The molecule has 9 heteroatoms. The number of rotatable bonds is 6. The number of para-hydroxylation sites is 2. The molecule has 0 aliphatic heterocycles. The van der Waals surface area contributed by atoms with Crippen LogP contribution in [-0.2, 0) is 17.9 Å². The van der Waals surface area contributed by atoms with Crippen molar-refractivity contribution in [2.75, 3.05) is 0 Å². The summed E-state index contributed by atoms with van der Waals surface area (Å²) in [4.78, 5) is 21.5. The average Bonchev–Trinajstić information content (AvgIpc) is 3.49. The van der Waals surface area contributed by atoms with Crippen LogP contribution < -0.4 is 5.32 Å². The van der Waals surface area contributed by atoms with Crippen molar-refractivity contribution >= 4 is 40.1 Å². The average molecular weight is 477 g/mol. The molecule has 164 valence electrons. The summed E-state index contributed by atoms with van der Waals surface area (Å²) in [5, 5.41) is 7.93. The van der Waals surface area contributed by atoms with Gasteiger partial charge < -0.3 is 9.88 Å². The zero-order valence-electron chi connectivity index (χ0n) is 17.3. The standard InChI is InChI=1S/C24H18Cl2N6O/c25-19-5-3-4-18(23(19)26)24-30-20-6-1-2-7-21(20)31(24)13-22(33)28-12-16-8-10-17(11-9-16)32-15-27-14-29-32/h1-11,14-15H,12-13H2,(H,28,33). The minimum absolute atomic E-state index is 0.0930. The largest absolute Gasteiger partial charge is 0.350 e. The Balaban J connectivity index is 1.36. The number of benzene rings is 3. The van der Waals surface area contributed by atoms with Crippen molar-refractivity contribution in [3.8, 4) is 17.1 Å². The lowest BCUT2D eigenvalue weighted by molar-refractivity contribution is -0.121. The molecule has 1 N–H and O–H groups in total. The highest BCUT2D eigenvalue weighted by molar-refractivity contribution is 6.43. The molecule has 0 atom stereocenters. The summed E-state index contributed by atoms with van der Waals surface area (Å²) < 4.78 is 3.53. The van der Waals surface area contributed by atoms with Gasteiger partial charge in [-0.1, -0.05) is 53.5 Å². The molecule has 0 fully saturated rings. The Morgan fingerprint density at radius 2 is 1.79 bits per heavy atom. The molecule has 33 heavy (non-hydrogen) atoms. The van der Waals surface area contributed by atoms with Gasteiger partial charge in [-0.3, -0.25) is 4.79 Å². The number of hydrogen-bond donors (Lipinski definition) is 1. The van der Waals surface area contributed by atoms with E-state index in [4.69, 9.17) is 28.2 Å². The Kier molecular flexibility index (Phi) is 5.81. The van der Waals surface area contributed by atoms with Crippen molar-refractivity contribution < 1.29 is 4.79 Å². The summed E-state index contributed by atoms with van der Waals surface area (Å²) in [5.41, 5.74) is 4.17. The molecule has 0 spiro atoms. The van der Waals surface area contributed by atoms with E-state index in [0.29, 0.717) is 28.0 Å². The molecular weight excluding hydrogens is 459 g/mol. The van der Waals surface area contributed by atoms with Gasteiger partial charge in [-0.2, -0.15) is 5.10 Å². The van der Waals surface area contributed by atoms with Crippen LogP contribution in [0, 0.1) is 0 Å². The zero-order chi connectivity index (χ0) is 22.8. The molecule has 7 nitrogen and oxygen atoms in total. The number of nitrogens with one attached hydrogen (secondary N) is 1. The molecule has 0 aliphatic rings. The molecule has 5 aromatic rings. The molecular formula is C24H18Cl2N6O. The molecule has 0 radical (unpaired) electrons. The number of imidazole rings is 1. The summed E-state index contributed by atoms with van der Waals surface area (Å²) in [6, 6.07) is 20.8. The number of carbonyl (C=O) groups excluding carboxylic acids is 1. The monoisotopic (exact) mass is 476 g/mol. The summed E-state index contributed by atoms with van der Waals surface area (Å²) in [6.45, 7) is 0.492. The molecule has 0 bridgehead atoms. The Morgan fingerprint density at radius 3 is 2.58 bits per heavy atom. The lowest BCUT2D eigenvalue weighted by Crippen LogP contribution is -2.27. The third-order valence-electron chi connectivity index (χ3n) is 5.26. The van der Waals surface area contributed by atoms with Crippen molar-refractivity contribution in [2.24, 2.45) is 0 Å². The highest BCUT2D eigenvalue weighted by Crippen LogP contribution is 2.34. The van der Waals surface area contributed by atoms with Crippen LogP contribution in [0.1, 0.15) is 5.56 Å². The molecule has 0 saturated heterocycles. The van der Waals surface area contributed by atoms with Crippen molar-refractivity contribution in [1.29, 1.82) is 0 Å². The minimum Gasteiger partial charge on any atom is -0.350 e. The number of fused-ring (bicyclic) bond motifs is 1. The van der Waals surface area contributed by atoms with Gasteiger partial charge in [-0.25, -0.2) is 14.6 Å². The van der Waals surface area contributed by atoms with Gasteiger partial charge >= 0.3 is 0 Å². The fourth-order valence-corrected chi connectivity index (χ4v) is 4.01. The van der Waals surface area contributed by atoms with Crippen LogP contribution in [0.3, 0.4) is 0 Å². The maximum absolute atomic E-state index is 12.9. The van der Waals surface area contributed by atoms with Crippen LogP contribution >= 0.6 is 23.2 Å².